The van der Waals surface area contributed by atoms with Crippen LogP contribution in [0.25, 0.3) is 0 Å². The van der Waals surface area contributed by atoms with Gasteiger partial charge < -0.3 is 19.3 Å². The third kappa shape index (κ3) is 2.43. The van der Waals surface area contributed by atoms with Crippen molar-refractivity contribution in [3.05, 3.63) is 34.8 Å². The lowest BCUT2D eigenvalue weighted by molar-refractivity contribution is -0.151. The molecule has 1 heterocycles. The number of alkyl halides is 1. The highest BCUT2D eigenvalue weighted by molar-refractivity contribution is 9.09. The Bertz CT molecular complexity index is 603. The first kappa shape index (κ1) is 16.6. The lowest BCUT2D eigenvalue weighted by atomic mass is 9.76. The van der Waals surface area contributed by atoms with Gasteiger partial charge in [0.25, 0.3) is 0 Å². The molecule has 1 aliphatic carbocycles. The number of carbonyl (C=O) groups is 2. The van der Waals surface area contributed by atoms with E-state index in [1.54, 1.807) is 19.9 Å². The van der Waals surface area contributed by atoms with Crippen LogP contribution in [0.4, 0.5) is 0 Å². The van der Waals surface area contributed by atoms with Crippen molar-refractivity contribution in [2.24, 2.45) is 5.41 Å². The molecule has 0 spiro atoms. The van der Waals surface area contributed by atoms with Gasteiger partial charge in [0.05, 0.1) is 13.7 Å². The van der Waals surface area contributed by atoms with Gasteiger partial charge in [0.2, 0.25) is 6.10 Å². The van der Waals surface area contributed by atoms with E-state index in [4.69, 9.17) is 14.2 Å². The molecule has 2 rings (SSSR count). The summed E-state index contributed by atoms with van der Waals surface area (Å²) in [6, 6.07) is 0. The average Bonchev–Trinajstić information content (AvgIpc) is 2.88. The highest BCUT2D eigenvalue weighted by Crippen LogP contribution is 2.48. The van der Waals surface area contributed by atoms with Gasteiger partial charge >= 0.3 is 11.9 Å². The van der Waals surface area contributed by atoms with Gasteiger partial charge in [-0.2, -0.15) is 0 Å². The van der Waals surface area contributed by atoms with Crippen LogP contribution in [0.1, 0.15) is 13.8 Å². The van der Waals surface area contributed by atoms with E-state index in [9.17, 15) is 14.7 Å². The molecule has 0 saturated carbocycles. The minimum atomic E-state index is -1.29. The molecule has 1 N–H and O–H groups in total. The van der Waals surface area contributed by atoms with Crippen LogP contribution in [-0.4, -0.2) is 42.2 Å². The van der Waals surface area contributed by atoms with Gasteiger partial charge in [0.1, 0.15) is 5.41 Å². The average molecular weight is 373 g/mol. The molecule has 120 valence electrons. The highest BCUT2D eigenvalue weighted by atomic mass is 79.9. The molecule has 2 atom stereocenters. The number of fused-ring (bicyclic) bond motifs is 1. The van der Waals surface area contributed by atoms with Crippen molar-refractivity contribution >= 4 is 27.9 Å². The summed E-state index contributed by atoms with van der Waals surface area (Å²) in [6.45, 7) is 3.48. The van der Waals surface area contributed by atoms with Crippen molar-refractivity contribution in [1.82, 2.24) is 0 Å². The molecule has 0 aromatic carbocycles. The van der Waals surface area contributed by atoms with E-state index in [1.165, 1.54) is 13.2 Å². The van der Waals surface area contributed by atoms with Crippen molar-refractivity contribution in [1.29, 1.82) is 0 Å². The van der Waals surface area contributed by atoms with Crippen LogP contribution in [0.3, 0.4) is 0 Å². The van der Waals surface area contributed by atoms with Crippen molar-refractivity contribution in [3.8, 4) is 0 Å². The number of carboxylic acids is 1. The van der Waals surface area contributed by atoms with Gasteiger partial charge in [-0.3, -0.25) is 4.79 Å². The standard InChI is InChI=1S/C15H17BrO6/c1-4-21-13(17)11-8(7-16)10-12(22-11)9(20-3)5-6-15(10,2)14(18)19/h5-6,11H,4,7H2,1-3H3,(H,18,19). The second-order valence-corrected chi connectivity index (χ2v) is 5.58. The molecule has 0 amide bonds. The summed E-state index contributed by atoms with van der Waals surface area (Å²) in [5, 5.41) is 9.90. The summed E-state index contributed by atoms with van der Waals surface area (Å²) in [5.74, 6) is -0.908. The Balaban J connectivity index is 2.61. The third-order valence-corrected chi connectivity index (χ3v) is 4.32. The fourth-order valence-corrected chi connectivity index (χ4v) is 3.14. The van der Waals surface area contributed by atoms with Crippen molar-refractivity contribution < 1.29 is 28.9 Å². The highest BCUT2D eigenvalue weighted by Gasteiger charge is 2.50. The lowest BCUT2D eigenvalue weighted by Gasteiger charge is -2.27. The molecule has 0 saturated heterocycles. The predicted octanol–water partition coefficient (Wildman–Crippen LogP) is 2.16. The van der Waals surface area contributed by atoms with Crippen LogP contribution in [0, 0.1) is 5.41 Å². The van der Waals surface area contributed by atoms with Gasteiger partial charge in [0, 0.05) is 16.5 Å². The summed E-state index contributed by atoms with van der Waals surface area (Å²) in [4.78, 5) is 23.8. The van der Waals surface area contributed by atoms with Crippen molar-refractivity contribution in [3.63, 3.8) is 0 Å². The Hall–Kier alpha value is -1.76. The van der Waals surface area contributed by atoms with Crippen molar-refractivity contribution in [2.75, 3.05) is 19.0 Å². The van der Waals surface area contributed by atoms with E-state index < -0.39 is 23.5 Å². The molecular weight excluding hydrogens is 356 g/mol. The molecule has 2 unspecified atom stereocenters. The van der Waals surface area contributed by atoms with E-state index in [2.05, 4.69) is 15.9 Å². The first-order chi connectivity index (χ1) is 10.4. The Morgan fingerprint density at radius 2 is 2.18 bits per heavy atom. The summed E-state index contributed by atoms with van der Waals surface area (Å²) >= 11 is 3.31. The number of carboxylic acid groups (broad SMARTS) is 1. The van der Waals surface area contributed by atoms with Crippen LogP contribution < -0.4 is 0 Å². The smallest absolute Gasteiger partial charge is 0.351 e. The summed E-state index contributed by atoms with van der Waals surface area (Å²) in [6.07, 6.45) is 2.12. The van der Waals surface area contributed by atoms with E-state index in [1.807, 2.05) is 0 Å². The largest absolute Gasteiger partial charge is 0.493 e. The molecule has 0 aromatic rings. The monoisotopic (exact) mass is 372 g/mol. The summed E-state index contributed by atoms with van der Waals surface area (Å²) < 4.78 is 15.9. The van der Waals surface area contributed by atoms with Crippen LogP contribution in [-0.2, 0) is 23.8 Å². The zero-order chi connectivity index (χ0) is 16.5. The maximum Gasteiger partial charge on any atom is 0.351 e. The zero-order valence-electron chi connectivity index (χ0n) is 12.5. The number of methoxy groups -OCH3 is 1. The molecule has 0 fully saturated rings. The maximum absolute atomic E-state index is 12.1. The fourth-order valence-electron chi connectivity index (χ4n) is 2.56. The Morgan fingerprint density at radius 1 is 1.50 bits per heavy atom. The van der Waals surface area contributed by atoms with Crippen LogP contribution in [0.5, 0.6) is 0 Å². The molecule has 1 aliphatic heterocycles. The Labute approximate surface area is 136 Å². The Kier molecular flexibility index (Phi) is 4.65. The molecule has 0 bridgehead atoms. The molecule has 7 heteroatoms. The molecule has 0 radical (unpaired) electrons. The van der Waals surface area contributed by atoms with Crippen molar-refractivity contribution in [2.45, 2.75) is 20.0 Å². The number of hydrogen-bond acceptors (Lipinski definition) is 5. The Morgan fingerprint density at radius 3 is 2.68 bits per heavy atom. The number of aliphatic carboxylic acids is 1. The topological polar surface area (TPSA) is 82.1 Å². The first-order valence-electron chi connectivity index (χ1n) is 6.74. The van der Waals surface area contributed by atoms with Crippen LogP contribution in [0.15, 0.2) is 34.8 Å². The van der Waals surface area contributed by atoms with Crippen LogP contribution in [0.2, 0.25) is 0 Å². The van der Waals surface area contributed by atoms with Crippen LogP contribution >= 0.6 is 15.9 Å². The fraction of sp³-hybridized carbons (Fsp3) is 0.467. The third-order valence-electron chi connectivity index (χ3n) is 3.72. The number of ether oxygens (including phenoxy) is 3. The molecule has 2 aliphatic rings. The lowest BCUT2D eigenvalue weighted by Crippen LogP contribution is -2.31. The first-order valence-corrected chi connectivity index (χ1v) is 7.86. The molecule has 22 heavy (non-hydrogen) atoms. The molecular formula is C15H17BrO6. The van der Waals surface area contributed by atoms with E-state index in [-0.39, 0.29) is 12.4 Å². The van der Waals surface area contributed by atoms with Gasteiger partial charge in [-0.05, 0) is 19.9 Å². The minimum absolute atomic E-state index is 0.216. The quantitative estimate of drug-likeness (QED) is 0.588. The molecule has 0 aromatic heterocycles. The van der Waals surface area contributed by atoms with E-state index in [0.29, 0.717) is 22.2 Å². The van der Waals surface area contributed by atoms with E-state index >= 15 is 0 Å². The number of carbonyl (C=O) groups excluding carboxylic acids is 1. The maximum atomic E-state index is 12.1. The number of rotatable bonds is 5. The minimum Gasteiger partial charge on any atom is -0.493 e. The predicted molar refractivity (Wildman–Crippen MR) is 81.2 cm³/mol. The molecule has 6 nitrogen and oxygen atoms in total. The second kappa shape index (κ2) is 6.16. The number of allylic oxidation sites excluding steroid dienone is 2. The summed E-state index contributed by atoms with van der Waals surface area (Å²) in [5.41, 5.74) is -0.312. The zero-order valence-corrected chi connectivity index (χ0v) is 14.1. The van der Waals surface area contributed by atoms with Gasteiger partial charge in [-0.25, -0.2) is 4.79 Å². The number of hydrogen-bond donors (Lipinski definition) is 1. The van der Waals surface area contributed by atoms with Gasteiger partial charge in [-0.15, -0.1) is 0 Å². The number of esters is 1. The van der Waals surface area contributed by atoms with E-state index in [0.717, 1.165) is 0 Å². The summed E-state index contributed by atoms with van der Waals surface area (Å²) in [7, 11) is 1.46. The van der Waals surface area contributed by atoms with Gasteiger partial charge in [-0.1, -0.05) is 22.0 Å². The number of halogens is 1. The van der Waals surface area contributed by atoms with Gasteiger partial charge in [0.15, 0.2) is 11.5 Å². The SMILES string of the molecule is CCOC(=O)C1OC2=C(OC)C=CC(C)(C(=O)O)C2=C1CBr. The normalized spacial score (nSPS) is 26.6. The second-order valence-electron chi connectivity index (χ2n) is 5.02.